The predicted molar refractivity (Wildman–Crippen MR) is 72.4 cm³/mol. The van der Waals surface area contributed by atoms with Crippen LogP contribution in [-0.4, -0.2) is 32.2 Å². The maximum atomic E-state index is 12.4. The number of hydrogen-bond acceptors (Lipinski definition) is 3. The molecule has 0 amide bonds. The zero-order valence-corrected chi connectivity index (χ0v) is 12.8. The number of nitrogens with zero attached hydrogens (tertiary/aromatic N) is 1. The molecule has 1 aromatic rings. The zero-order chi connectivity index (χ0) is 16.3. The molecule has 0 saturated heterocycles. The summed E-state index contributed by atoms with van der Waals surface area (Å²) in [6, 6.07) is 4.04. The maximum Gasteiger partial charge on any atom is 0.573 e. The molecular weight excluding hydrogens is 307 g/mol. The Bertz CT molecular complexity index is 551. The van der Waals surface area contributed by atoms with Crippen LogP contribution < -0.4 is 4.74 Å². The molecule has 0 aliphatic rings. The van der Waals surface area contributed by atoms with Crippen molar-refractivity contribution in [3.8, 4) is 5.75 Å². The number of halogens is 3. The molecule has 0 bridgehead atoms. The predicted octanol–water partition coefficient (Wildman–Crippen LogP) is 3.39. The van der Waals surface area contributed by atoms with E-state index in [9.17, 15) is 21.6 Å². The Balaban J connectivity index is 3.00. The molecule has 0 fully saturated rings. The molecule has 0 aliphatic carbocycles. The van der Waals surface area contributed by atoms with E-state index >= 15 is 0 Å². The first-order valence-corrected chi connectivity index (χ1v) is 7.89. The highest BCUT2D eigenvalue weighted by Crippen LogP contribution is 2.25. The van der Waals surface area contributed by atoms with E-state index in [1.54, 1.807) is 0 Å². The van der Waals surface area contributed by atoms with Crippen molar-refractivity contribution in [2.24, 2.45) is 0 Å². The third kappa shape index (κ3) is 4.60. The molecule has 0 heterocycles. The van der Waals surface area contributed by atoms with E-state index in [1.807, 2.05) is 13.8 Å². The molecular formula is C13H18F3NO3S. The van der Waals surface area contributed by atoms with Crippen LogP contribution in [0.5, 0.6) is 5.75 Å². The summed E-state index contributed by atoms with van der Waals surface area (Å²) in [5, 5.41) is 0. The molecule has 0 N–H and O–H groups in total. The van der Waals surface area contributed by atoms with E-state index in [0.29, 0.717) is 12.8 Å². The van der Waals surface area contributed by atoms with Crippen LogP contribution in [0.25, 0.3) is 0 Å². The molecule has 0 unspecified atom stereocenters. The molecule has 21 heavy (non-hydrogen) atoms. The standard InChI is InChI=1S/C13H18F3NO3S/c1-4-10(5-2)17(3)21(18,19)12-8-6-11(7-9-12)20-13(14,15)16/h6-10H,4-5H2,1-3H3. The van der Waals surface area contributed by atoms with E-state index in [1.165, 1.54) is 11.4 Å². The third-order valence-corrected chi connectivity index (χ3v) is 5.12. The van der Waals surface area contributed by atoms with Crippen LogP contribution in [0.1, 0.15) is 26.7 Å². The highest BCUT2D eigenvalue weighted by Gasteiger charge is 2.31. The first kappa shape index (κ1) is 17.8. The third-order valence-electron chi connectivity index (χ3n) is 3.19. The molecule has 0 radical (unpaired) electrons. The van der Waals surface area contributed by atoms with E-state index in [2.05, 4.69) is 4.74 Å². The first-order chi connectivity index (χ1) is 9.61. The van der Waals surface area contributed by atoms with Crippen LogP contribution in [0.15, 0.2) is 29.2 Å². The first-order valence-electron chi connectivity index (χ1n) is 6.45. The van der Waals surface area contributed by atoms with Gasteiger partial charge in [-0.1, -0.05) is 13.8 Å². The van der Waals surface area contributed by atoms with Gasteiger partial charge in [-0.2, -0.15) is 4.31 Å². The van der Waals surface area contributed by atoms with Gasteiger partial charge in [-0.05, 0) is 37.1 Å². The van der Waals surface area contributed by atoms with Crippen LogP contribution in [0, 0.1) is 0 Å². The van der Waals surface area contributed by atoms with Gasteiger partial charge in [-0.3, -0.25) is 0 Å². The number of rotatable bonds is 6. The monoisotopic (exact) mass is 325 g/mol. The van der Waals surface area contributed by atoms with Gasteiger partial charge < -0.3 is 4.74 Å². The van der Waals surface area contributed by atoms with Gasteiger partial charge in [-0.25, -0.2) is 8.42 Å². The van der Waals surface area contributed by atoms with Crippen molar-refractivity contribution in [1.29, 1.82) is 0 Å². The lowest BCUT2D eigenvalue weighted by Gasteiger charge is -2.25. The second-order valence-electron chi connectivity index (χ2n) is 4.51. The summed E-state index contributed by atoms with van der Waals surface area (Å²) >= 11 is 0. The van der Waals surface area contributed by atoms with Crippen molar-refractivity contribution in [1.82, 2.24) is 4.31 Å². The summed E-state index contributed by atoms with van der Waals surface area (Å²) in [6.45, 7) is 3.75. The average Bonchev–Trinajstić information content (AvgIpc) is 2.38. The van der Waals surface area contributed by atoms with Crippen molar-refractivity contribution >= 4 is 10.0 Å². The Morgan fingerprint density at radius 3 is 2.00 bits per heavy atom. The highest BCUT2D eigenvalue weighted by molar-refractivity contribution is 7.89. The largest absolute Gasteiger partial charge is 0.573 e. The van der Waals surface area contributed by atoms with Gasteiger partial charge in [-0.15, -0.1) is 13.2 Å². The molecule has 4 nitrogen and oxygen atoms in total. The van der Waals surface area contributed by atoms with E-state index < -0.39 is 22.1 Å². The smallest absolute Gasteiger partial charge is 0.406 e. The van der Waals surface area contributed by atoms with Crippen LogP contribution in [0.3, 0.4) is 0 Å². The number of hydrogen-bond donors (Lipinski definition) is 0. The topological polar surface area (TPSA) is 46.6 Å². The van der Waals surface area contributed by atoms with Crippen molar-refractivity contribution in [2.75, 3.05) is 7.05 Å². The van der Waals surface area contributed by atoms with Crippen LogP contribution in [-0.2, 0) is 10.0 Å². The fourth-order valence-corrected chi connectivity index (χ4v) is 3.48. The zero-order valence-electron chi connectivity index (χ0n) is 12.0. The van der Waals surface area contributed by atoms with Crippen LogP contribution >= 0.6 is 0 Å². The second kappa shape index (κ2) is 6.65. The minimum Gasteiger partial charge on any atom is -0.406 e. The fraction of sp³-hybridized carbons (Fsp3) is 0.538. The summed E-state index contributed by atoms with van der Waals surface area (Å²) in [5.41, 5.74) is 0. The van der Waals surface area contributed by atoms with Gasteiger partial charge in [0.2, 0.25) is 10.0 Å². The summed E-state index contributed by atoms with van der Waals surface area (Å²) < 4.78 is 65.8. The van der Waals surface area contributed by atoms with Crippen molar-refractivity contribution in [3.63, 3.8) is 0 Å². The van der Waals surface area contributed by atoms with E-state index in [-0.39, 0.29) is 10.9 Å². The van der Waals surface area contributed by atoms with Gasteiger partial charge in [0.25, 0.3) is 0 Å². The maximum absolute atomic E-state index is 12.4. The van der Waals surface area contributed by atoms with E-state index in [0.717, 1.165) is 24.3 Å². The Morgan fingerprint density at radius 1 is 1.14 bits per heavy atom. The SMILES string of the molecule is CCC(CC)N(C)S(=O)(=O)c1ccc(OC(F)(F)F)cc1. The lowest BCUT2D eigenvalue weighted by atomic mass is 10.2. The van der Waals surface area contributed by atoms with Crippen molar-refractivity contribution < 1.29 is 26.3 Å². The fourth-order valence-electron chi connectivity index (χ4n) is 1.98. The van der Waals surface area contributed by atoms with Gasteiger partial charge in [0.15, 0.2) is 0 Å². The van der Waals surface area contributed by atoms with Crippen molar-refractivity contribution in [2.45, 2.75) is 44.0 Å². The van der Waals surface area contributed by atoms with Crippen molar-refractivity contribution in [3.05, 3.63) is 24.3 Å². The molecule has 0 aromatic heterocycles. The number of benzene rings is 1. The molecule has 0 aliphatic heterocycles. The number of ether oxygens (including phenoxy) is 1. The molecule has 0 spiro atoms. The number of sulfonamides is 1. The highest BCUT2D eigenvalue weighted by atomic mass is 32.2. The Morgan fingerprint density at radius 2 is 1.62 bits per heavy atom. The molecule has 8 heteroatoms. The summed E-state index contributed by atoms with van der Waals surface area (Å²) in [7, 11) is -2.26. The Kier molecular flexibility index (Phi) is 5.63. The second-order valence-corrected chi connectivity index (χ2v) is 6.51. The quantitative estimate of drug-likeness (QED) is 0.805. The summed E-state index contributed by atoms with van der Waals surface area (Å²) in [4.78, 5) is -0.0635. The molecule has 1 rings (SSSR count). The molecule has 120 valence electrons. The Labute approximate surface area is 122 Å². The molecule has 1 aromatic carbocycles. The Hall–Kier alpha value is -1.28. The summed E-state index contributed by atoms with van der Waals surface area (Å²) in [6.07, 6.45) is -3.49. The van der Waals surface area contributed by atoms with E-state index in [4.69, 9.17) is 0 Å². The van der Waals surface area contributed by atoms with Gasteiger partial charge in [0, 0.05) is 13.1 Å². The molecule has 0 atom stereocenters. The minimum atomic E-state index is -4.80. The normalized spacial score (nSPS) is 13.0. The number of alkyl halides is 3. The van der Waals surface area contributed by atoms with Gasteiger partial charge in [0.05, 0.1) is 4.90 Å². The van der Waals surface area contributed by atoms with Gasteiger partial charge in [0.1, 0.15) is 5.75 Å². The van der Waals surface area contributed by atoms with Crippen LogP contribution in [0.4, 0.5) is 13.2 Å². The van der Waals surface area contributed by atoms with Crippen LogP contribution in [0.2, 0.25) is 0 Å². The lowest BCUT2D eigenvalue weighted by molar-refractivity contribution is -0.274. The van der Waals surface area contributed by atoms with Gasteiger partial charge >= 0.3 is 6.36 Å². The molecule has 0 saturated carbocycles. The average molecular weight is 325 g/mol. The lowest BCUT2D eigenvalue weighted by Crippen LogP contribution is -2.36. The summed E-state index contributed by atoms with van der Waals surface area (Å²) in [5.74, 6) is -0.452. The minimum absolute atomic E-state index is 0.0635.